The number of aliphatic hydroxyl groups excluding tert-OH is 1. The van der Waals surface area contributed by atoms with E-state index in [1.807, 2.05) is 0 Å². The number of furan rings is 1. The monoisotopic (exact) mass is 372 g/mol. The van der Waals surface area contributed by atoms with Crippen molar-refractivity contribution in [3.05, 3.63) is 60.1 Å². The second-order valence-electron chi connectivity index (χ2n) is 5.63. The molecule has 1 heterocycles. The van der Waals surface area contributed by atoms with E-state index >= 15 is 0 Å². The molecule has 2 amide bonds. The molecule has 0 fully saturated rings. The van der Waals surface area contributed by atoms with E-state index in [0.717, 1.165) is 0 Å². The fourth-order valence-corrected chi connectivity index (χ4v) is 2.16. The zero-order valence-corrected chi connectivity index (χ0v) is 14.8. The van der Waals surface area contributed by atoms with Crippen molar-refractivity contribution in [3.8, 4) is 0 Å². The average molecular weight is 372 g/mol. The molecule has 2 aromatic rings. The Hall–Kier alpha value is -3.39. The van der Waals surface area contributed by atoms with Gasteiger partial charge in [-0.1, -0.05) is 0 Å². The zero-order chi connectivity index (χ0) is 19.8. The standard InChI is InChI=1S/C19H20N2O6/c1-12(22)17(19(25)26-2)21-18(24)13-5-7-14(8-6-13)20-16(23)10-9-15-4-3-11-27-15/h3-12,17,22H,1-2H3,(H,20,23)(H,21,24)/b10-9+/t12-,17+/m1/s1. The Morgan fingerprint density at radius 2 is 1.89 bits per heavy atom. The molecular formula is C19H20N2O6. The summed E-state index contributed by atoms with van der Waals surface area (Å²) in [6.45, 7) is 1.37. The van der Waals surface area contributed by atoms with Crippen molar-refractivity contribution in [1.82, 2.24) is 5.32 Å². The van der Waals surface area contributed by atoms with Crippen molar-refractivity contribution in [1.29, 1.82) is 0 Å². The van der Waals surface area contributed by atoms with E-state index < -0.39 is 24.0 Å². The van der Waals surface area contributed by atoms with Crippen LogP contribution in [0.5, 0.6) is 0 Å². The fourth-order valence-electron chi connectivity index (χ4n) is 2.16. The third-order valence-electron chi connectivity index (χ3n) is 3.58. The molecule has 0 radical (unpaired) electrons. The summed E-state index contributed by atoms with van der Waals surface area (Å²) >= 11 is 0. The number of anilines is 1. The Balaban J connectivity index is 1.96. The Morgan fingerprint density at radius 1 is 1.19 bits per heavy atom. The molecule has 142 valence electrons. The molecule has 0 saturated carbocycles. The number of carbonyl (C=O) groups is 3. The lowest BCUT2D eigenvalue weighted by Crippen LogP contribution is -2.48. The van der Waals surface area contributed by atoms with Crippen molar-refractivity contribution in [2.75, 3.05) is 12.4 Å². The van der Waals surface area contributed by atoms with Crippen LogP contribution < -0.4 is 10.6 Å². The smallest absolute Gasteiger partial charge is 0.331 e. The van der Waals surface area contributed by atoms with Crippen LogP contribution in [0.3, 0.4) is 0 Å². The van der Waals surface area contributed by atoms with Crippen molar-refractivity contribution < 1.29 is 28.6 Å². The minimum atomic E-state index is -1.17. The Morgan fingerprint density at radius 3 is 2.44 bits per heavy atom. The molecule has 1 aromatic carbocycles. The van der Waals surface area contributed by atoms with Crippen LogP contribution in [0.2, 0.25) is 0 Å². The topological polar surface area (TPSA) is 118 Å². The third-order valence-corrected chi connectivity index (χ3v) is 3.58. The Bertz CT molecular complexity index is 809. The predicted molar refractivity (Wildman–Crippen MR) is 97.8 cm³/mol. The van der Waals surface area contributed by atoms with Crippen molar-refractivity contribution >= 4 is 29.5 Å². The third kappa shape index (κ3) is 5.82. The van der Waals surface area contributed by atoms with E-state index in [1.165, 1.54) is 44.6 Å². The summed E-state index contributed by atoms with van der Waals surface area (Å²) in [4.78, 5) is 35.7. The number of ether oxygens (including phenoxy) is 1. The van der Waals surface area contributed by atoms with Gasteiger partial charge in [0, 0.05) is 17.3 Å². The van der Waals surface area contributed by atoms with Gasteiger partial charge in [0.1, 0.15) is 5.76 Å². The first kappa shape index (κ1) is 19.9. The summed E-state index contributed by atoms with van der Waals surface area (Å²) in [5.74, 6) is -1.11. The van der Waals surface area contributed by atoms with E-state index in [4.69, 9.17) is 4.42 Å². The molecule has 1 aromatic heterocycles. The van der Waals surface area contributed by atoms with Gasteiger partial charge in [-0.05, 0) is 49.4 Å². The second-order valence-corrected chi connectivity index (χ2v) is 5.63. The van der Waals surface area contributed by atoms with Gasteiger partial charge in [0.2, 0.25) is 5.91 Å². The number of carbonyl (C=O) groups excluding carboxylic acids is 3. The molecule has 0 unspecified atom stereocenters. The summed E-state index contributed by atoms with van der Waals surface area (Å²) < 4.78 is 9.64. The van der Waals surface area contributed by atoms with Crippen LogP contribution in [0.15, 0.2) is 53.2 Å². The van der Waals surface area contributed by atoms with Crippen molar-refractivity contribution in [2.45, 2.75) is 19.1 Å². The second kappa shape index (κ2) is 9.35. The number of hydrogen-bond acceptors (Lipinski definition) is 6. The first-order valence-electron chi connectivity index (χ1n) is 8.10. The molecule has 0 aliphatic heterocycles. The highest BCUT2D eigenvalue weighted by Crippen LogP contribution is 2.11. The van der Waals surface area contributed by atoms with Crippen LogP contribution in [-0.4, -0.2) is 42.1 Å². The normalized spacial score (nSPS) is 13.0. The van der Waals surface area contributed by atoms with E-state index in [0.29, 0.717) is 11.4 Å². The first-order chi connectivity index (χ1) is 12.9. The molecule has 27 heavy (non-hydrogen) atoms. The van der Waals surface area contributed by atoms with Gasteiger partial charge in [0.15, 0.2) is 6.04 Å². The number of aliphatic hydroxyl groups is 1. The molecule has 3 N–H and O–H groups in total. The average Bonchev–Trinajstić information content (AvgIpc) is 3.17. The molecule has 2 atom stereocenters. The maximum absolute atomic E-state index is 12.2. The highest BCUT2D eigenvalue weighted by atomic mass is 16.5. The molecule has 0 saturated heterocycles. The predicted octanol–water partition coefficient (Wildman–Crippen LogP) is 1.58. The SMILES string of the molecule is COC(=O)[C@@H](NC(=O)c1ccc(NC(=O)/C=C/c2ccco2)cc1)[C@@H](C)O. The summed E-state index contributed by atoms with van der Waals surface area (Å²) in [6, 6.07) is 8.31. The summed E-state index contributed by atoms with van der Waals surface area (Å²) in [5, 5.41) is 14.6. The van der Waals surface area contributed by atoms with Gasteiger partial charge in [0.25, 0.3) is 5.91 Å². The number of hydrogen-bond donors (Lipinski definition) is 3. The van der Waals surface area contributed by atoms with Crippen LogP contribution in [0, 0.1) is 0 Å². The first-order valence-corrected chi connectivity index (χ1v) is 8.10. The van der Waals surface area contributed by atoms with Crippen LogP contribution >= 0.6 is 0 Å². The van der Waals surface area contributed by atoms with E-state index in [9.17, 15) is 19.5 Å². The Labute approximate surface area is 155 Å². The van der Waals surface area contributed by atoms with Crippen molar-refractivity contribution in [3.63, 3.8) is 0 Å². The minimum absolute atomic E-state index is 0.258. The zero-order valence-electron chi connectivity index (χ0n) is 14.8. The number of benzene rings is 1. The van der Waals surface area contributed by atoms with Gasteiger partial charge in [-0.3, -0.25) is 9.59 Å². The molecule has 8 nitrogen and oxygen atoms in total. The molecule has 0 aliphatic carbocycles. The summed E-state index contributed by atoms with van der Waals surface area (Å²) in [5.41, 5.74) is 0.745. The van der Waals surface area contributed by atoms with Gasteiger partial charge in [-0.2, -0.15) is 0 Å². The van der Waals surface area contributed by atoms with Gasteiger partial charge in [-0.25, -0.2) is 4.79 Å². The number of esters is 1. The molecule has 0 bridgehead atoms. The number of methoxy groups -OCH3 is 1. The van der Waals surface area contributed by atoms with E-state index in [2.05, 4.69) is 15.4 Å². The highest BCUT2D eigenvalue weighted by Gasteiger charge is 2.26. The molecule has 2 rings (SSSR count). The van der Waals surface area contributed by atoms with Gasteiger partial charge < -0.3 is 24.9 Å². The molecule has 0 aliphatic rings. The minimum Gasteiger partial charge on any atom is -0.467 e. The largest absolute Gasteiger partial charge is 0.467 e. The van der Waals surface area contributed by atoms with E-state index in [-0.39, 0.29) is 11.5 Å². The number of nitrogens with one attached hydrogen (secondary N) is 2. The van der Waals surface area contributed by atoms with Crippen LogP contribution in [0.1, 0.15) is 23.0 Å². The number of amides is 2. The highest BCUT2D eigenvalue weighted by molar-refractivity contribution is 6.02. The quantitative estimate of drug-likeness (QED) is 0.502. The van der Waals surface area contributed by atoms with Gasteiger partial charge in [-0.15, -0.1) is 0 Å². The Kier molecular flexibility index (Phi) is 6.90. The van der Waals surface area contributed by atoms with Crippen LogP contribution in [0.4, 0.5) is 5.69 Å². The van der Waals surface area contributed by atoms with Gasteiger partial charge >= 0.3 is 5.97 Å². The van der Waals surface area contributed by atoms with Gasteiger partial charge in [0.05, 0.1) is 19.5 Å². The van der Waals surface area contributed by atoms with Crippen molar-refractivity contribution in [2.24, 2.45) is 0 Å². The molecule has 8 heteroatoms. The number of rotatable bonds is 7. The molecular weight excluding hydrogens is 352 g/mol. The van der Waals surface area contributed by atoms with Crippen LogP contribution in [-0.2, 0) is 14.3 Å². The lowest BCUT2D eigenvalue weighted by atomic mass is 10.1. The summed E-state index contributed by atoms with van der Waals surface area (Å²) in [6.07, 6.45) is 3.24. The lowest BCUT2D eigenvalue weighted by Gasteiger charge is -2.19. The fraction of sp³-hybridized carbons (Fsp3) is 0.211. The maximum atomic E-state index is 12.2. The maximum Gasteiger partial charge on any atom is 0.331 e. The molecule has 0 spiro atoms. The lowest BCUT2D eigenvalue weighted by molar-refractivity contribution is -0.145. The summed E-state index contributed by atoms with van der Waals surface area (Å²) in [7, 11) is 1.17. The van der Waals surface area contributed by atoms with Crippen LogP contribution in [0.25, 0.3) is 6.08 Å². The van der Waals surface area contributed by atoms with E-state index in [1.54, 1.807) is 24.3 Å².